The average Bonchev–Trinajstić information content (AvgIpc) is 2.56. The lowest BCUT2D eigenvalue weighted by molar-refractivity contribution is -0.131. The topological polar surface area (TPSA) is 58.6 Å². The maximum absolute atomic E-state index is 12.6. The number of hydrogen-bond acceptors (Lipinski definition) is 3. The first-order valence-corrected chi connectivity index (χ1v) is 8.12. The van der Waals surface area contributed by atoms with E-state index in [1.807, 2.05) is 25.1 Å². The number of nitrogens with one attached hydrogen (secondary N) is 1. The van der Waals surface area contributed by atoms with Crippen LogP contribution in [0.15, 0.2) is 35.4 Å². The summed E-state index contributed by atoms with van der Waals surface area (Å²) in [5.41, 5.74) is 3.00. The number of allylic oxidation sites excluding steroid dienone is 2. The highest BCUT2D eigenvalue weighted by Crippen LogP contribution is 2.39. The van der Waals surface area contributed by atoms with Crippen LogP contribution in [0.3, 0.4) is 0 Å². The van der Waals surface area contributed by atoms with Crippen LogP contribution in [0, 0.1) is 5.41 Å². The number of carbonyl (C=O) groups excluding carboxylic acids is 1. The van der Waals surface area contributed by atoms with Crippen molar-refractivity contribution in [1.82, 2.24) is 5.32 Å². The van der Waals surface area contributed by atoms with Crippen LogP contribution in [0.2, 0.25) is 0 Å². The van der Waals surface area contributed by atoms with Crippen molar-refractivity contribution >= 4 is 5.91 Å². The van der Waals surface area contributed by atoms with Crippen LogP contribution in [-0.4, -0.2) is 24.7 Å². The highest BCUT2D eigenvalue weighted by atomic mass is 16.5. The van der Waals surface area contributed by atoms with E-state index in [-0.39, 0.29) is 17.9 Å². The van der Waals surface area contributed by atoms with Crippen molar-refractivity contribution in [3.63, 3.8) is 0 Å². The summed E-state index contributed by atoms with van der Waals surface area (Å²) < 4.78 is 5.26. The van der Waals surface area contributed by atoms with Crippen molar-refractivity contribution in [2.24, 2.45) is 5.41 Å². The van der Waals surface area contributed by atoms with Gasteiger partial charge in [-0.15, -0.1) is 0 Å². The lowest BCUT2D eigenvalue weighted by Gasteiger charge is -2.34. The number of hydrogen-bond donors (Lipinski definition) is 2. The van der Waals surface area contributed by atoms with Crippen molar-refractivity contribution in [2.75, 3.05) is 13.7 Å². The molecular weight excluding hydrogens is 290 g/mol. The standard InChI is InChI=1S/C19H27NO3/c1-13-9-10-19(3,11-14(13)2)18(22)20-12-16(21)15-7-5-6-8-17(15)23-4/h5-8,16,21H,9-12H2,1-4H3,(H,20,22)/t16-,19?/m1/s1. The predicted octanol–water partition coefficient (Wildman–Crippen LogP) is 3.37. The summed E-state index contributed by atoms with van der Waals surface area (Å²) in [4.78, 5) is 12.6. The Morgan fingerprint density at radius 3 is 2.70 bits per heavy atom. The highest BCUT2D eigenvalue weighted by molar-refractivity contribution is 5.82. The fraction of sp³-hybridized carbons (Fsp3) is 0.526. The van der Waals surface area contributed by atoms with E-state index in [2.05, 4.69) is 19.2 Å². The Balaban J connectivity index is 1.99. The molecule has 2 N–H and O–H groups in total. The van der Waals surface area contributed by atoms with Gasteiger partial charge in [-0.2, -0.15) is 0 Å². The predicted molar refractivity (Wildman–Crippen MR) is 91.3 cm³/mol. The van der Waals surface area contributed by atoms with E-state index in [0.717, 1.165) is 19.3 Å². The molecule has 2 rings (SSSR count). The molecule has 0 radical (unpaired) electrons. The molecule has 1 aromatic carbocycles. The molecule has 0 aromatic heterocycles. The first kappa shape index (κ1) is 17.5. The van der Waals surface area contributed by atoms with Crippen LogP contribution in [0.5, 0.6) is 5.75 Å². The fourth-order valence-electron chi connectivity index (χ4n) is 3.15. The Morgan fingerprint density at radius 1 is 1.35 bits per heavy atom. The van der Waals surface area contributed by atoms with E-state index in [4.69, 9.17) is 4.74 Å². The van der Waals surface area contributed by atoms with Crippen LogP contribution in [0.4, 0.5) is 0 Å². The molecule has 0 saturated heterocycles. The van der Waals surface area contributed by atoms with Gasteiger partial charge in [0.05, 0.1) is 18.6 Å². The fourth-order valence-corrected chi connectivity index (χ4v) is 3.15. The molecule has 0 saturated carbocycles. The van der Waals surface area contributed by atoms with Gasteiger partial charge in [0, 0.05) is 12.1 Å². The first-order valence-electron chi connectivity index (χ1n) is 8.12. The quantitative estimate of drug-likeness (QED) is 0.819. The number of carbonyl (C=O) groups is 1. The van der Waals surface area contributed by atoms with Crippen LogP contribution < -0.4 is 10.1 Å². The third-order valence-electron chi connectivity index (χ3n) is 4.94. The van der Waals surface area contributed by atoms with Crippen LogP contribution in [0.25, 0.3) is 0 Å². The van der Waals surface area contributed by atoms with Gasteiger partial charge in [0.1, 0.15) is 5.75 Å². The summed E-state index contributed by atoms with van der Waals surface area (Å²) in [6.45, 7) is 6.44. The second-order valence-corrected chi connectivity index (χ2v) is 6.77. The molecule has 1 unspecified atom stereocenters. The number of para-hydroxylation sites is 1. The molecular formula is C19H27NO3. The summed E-state index contributed by atoms with van der Waals surface area (Å²) >= 11 is 0. The molecule has 1 aliphatic carbocycles. The van der Waals surface area contributed by atoms with Gasteiger partial charge in [0.2, 0.25) is 5.91 Å². The molecule has 1 aromatic rings. The summed E-state index contributed by atoms with van der Waals surface area (Å²) in [6, 6.07) is 7.32. The minimum atomic E-state index is -0.777. The Bertz CT molecular complexity index is 608. The smallest absolute Gasteiger partial charge is 0.226 e. The minimum Gasteiger partial charge on any atom is -0.496 e. The van der Waals surface area contributed by atoms with E-state index in [9.17, 15) is 9.90 Å². The summed E-state index contributed by atoms with van der Waals surface area (Å²) in [5.74, 6) is 0.644. The maximum atomic E-state index is 12.6. The summed E-state index contributed by atoms with van der Waals surface area (Å²) in [6.07, 6.45) is 1.83. The maximum Gasteiger partial charge on any atom is 0.226 e. The van der Waals surface area contributed by atoms with E-state index in [1.165, 1.54) is 11.1 Å². The van der Waals surface area contributed by atoms with Crippen LogP contribution >= 0.6 is 0 Å². The molecule has 23 heavy (non-hydrogen) atoms. The van der Waals surface area contributed by atoms with E-state index in [1.54, 1.807) is 13.2 Å². The van der Waals surface area contributed by atoms with Crippen molar-refractivity contribution in [3.8, 4) is 5.75 Å². The molecule has 4 heteroatoms. The monoisotopic (exact) mass is 317 g/mol. The average molecular weight is 317 g/mol. The SMILES string of the molecule is COc1ccccc1[C@H](O)CNC(=O)C1(C)CCC(C)=C(C)C1. The van der Waals surface area contributed by atoms with Gasteiger partial charge in [0.15, 0.2) is 0 Å². The largest absolute Gasteiger partial charge is 0.496 e. The molecule has 0 spiro atoms. The van der Waals surface area contributed by atoms with E-state index in [0.29, 0.717) is 11.3 Å². The van der Waals surface area contributed by atoms with Gasteiger partial charge >= 0.3 is 0 Å². The summed E-state index contributed by atoms with van der Waals surface area (Å²) in [5, 5.41) is 13.3. The number of amides is 1. The van der Waals surface area contributed by atoms with Crippen molar-refractivity contribution in [1.29, 1.82) is 0 Å². The third-order valence-corrected chi connectivity index (χ3v) is 4.94. The highest BCUT2D eigenvalue weighted by Gasteiger charge is 2.36. The third kappa shape index (κ3) is 3.94. The number of methoxy groups -OCH3 is 1. The number of ether oxygens (including phenoxy) is 1. The lowest BCUT2D eigenvalue weighted by atomic mass is 9.73. The Hall–Kier alpha value is -1.81. The second kappa shape index (κ2) is 7.18. The Morgan fingerprint density at radius 2 is 2.04 bits per heavy atom. The lowest BCUT2D eigenvalue weighted by Crippen LogP contribution is -2.42. The molecule has 0 bridgehead atoms. The first-order chi connectivity index (χ1) is 10.9. The molecule has 1 aliphatic rings. The van der Waals surface area contributed by atoms with Gasteiger partial charge in [-0.05, 0) is 39.2 Å². The second-order valence-electron chi connectivity index (χ2n) is 6.77. The molecule has 2 atom stereocenters. The van der Waals surface area contributed by atoms with Gasteiger partial charge in [0.25, 0.3) is 0 Å². The molecule has 0 fully saturated rings. The zero-order valence-electron chi connectivity index (χ0n) is 14.5. The van der Waals surface area contributed by atoms with Crippen molar-refractivity contribution in [2.45, 2.75) is 46.1 Å². The molecule has 0 heterocycles. The molecule has 4 nitrogen and oxygen atoms in total. The number of aliphatic hydroxyl groups excluding tert-OH is 1. The van der Waals surface area contributed by atoms with Crippen LogP contribution in [-0.2, 0) is 4.79 Å². The number of benzene rings is 1. The minimum absolute atomic E-state index is 0.0123. The Kier molecular flexibility index (Phi) is 5.47. The van der Waals surface area contributed by atoms with E-state index >= 15 is 0 Å². The van der Waals surface area contributed by atoms with Crippen molar-refractivity contribution < 1.29 is 14.6 Å². The molecule has 1 amide bonds. The Labute approximate surface area is 138 Å². The van der Waals surface area contributed by atoms with Crippen LogP contribution in [0.1, 0.15) is 51.7 Å². The number of aliphatic hydroxyl groups is 1. The zero-order valence-corrected chi connectivity index (χ0v) is 14.5. The van der Waals surface area contributed by atoms with Gasteiger partial charge in [-0.1, -0.05) is 36.3 Å². The zero-order chi connectivity index (χ0) is 17.0. The van der Waals surface area contributed by atoms with Crippen molar-refractivity contribution in [3.05, 3.63) is 41.0 Å². The molecule has 0 aliphatic heterocycles. The summed E-state index contributed by atoms with van der Waals surface area (Å²) in [7, 11) is 1.57. The van der Waals surface area contributed by atoms with Gasteiger partial charge in [-0.25, -0.2) is 0 Å². The van der Waals surface area contributed by atoms with Gasteiger partial charge in [-0.3, -0.25) is 4.79 Å². The van der Waals surface area contributed by atoms with E-state index < -0.39 is 6.10 Å². The molecule has 126 valence electrons. The number of rotatable bonds is 5. The van der Waals surface area contributed by atoms with Gasteiger partial charge < -0.3 is 15.2 Å². The normalized spacial score (nSPS) is 22.7.